The minimum Gasteiger partial charge on any atom is -0.462 e. The fraction of sp³-hybridized carbons (Fsp3) is 0.597. The van der Waals surface area contributed by atoms with Crippen LogP contribution in [0.3, 0.4) is 0 Å². The van der Waals surface area contributed by atoms with Crippen LogP contribution in [0.25, 0.3) is 0 Å². The molecule has 0 spiro atoms. The fourth-order valence-electron chi connectivity index (χ4n) is 6.86. The van der Waals surface area contributed by atoms with Gasteiger partial charge in [0, 0.05) is 19.3 Å². The predicted octanol–water partition coefficient (Wildman–Crippen LogP) is 18.3. The van der Waals surface area contributed by atoms with Crippen LogP contribution < -0.4 is 0 Å². The molecular formula is C62H98O6. The van der Waals surface area contributed by atoms with Gasteiger partial charge in [-0.3, -0.25) is 14.4 Å². The third kappa shape index (κ3) is 52.5. The first-order chi connectivity index (χ1) is 33.5. The summed E-state index contributed by atoms with van der Waals surface area (Å²) < 4.78 is 16.7. The van der Waals surface area contributed by atoms with Gasteiger partial charge in [-0.1, -0.05) is 212 Å². The van der Waals surface area contributed by atoms with Crippen LogP contribution in [0.1, 0.15) is 220 Å². The maximum Gasteiger partial charge on any atom is 0.306 e. The molecule has 68 heavy (non-hydrogen) atoms. The van der Waals surface area contributed by atoms with Crippen molar-refractivity contribution in [2.24, 2.45) is 0 Å². The highest BCUT2D eigenvalue weighted by molar-refractivity contribution is 5.71. The number of hydrogen-bond donors (Lipinski definition) is 0. The SMILES string of the molecule is CC/C=C\C/C=C\C/C=C\C/C=C\C/C=C\C/C=C\CCC(=O)OCC(COC(=O)CCCCCCCCC/C=C\CCCCCC)OC(=O)CCCCC/C=C\C/C=C\C/C=C\C/C=C\CC. The normalized spacial score (nSPS) is 13.2. The van der Waals surface area contributed by atoms with Gasteiger partial charge in [0.2, 0.25) is 0 Å². The minimum absolute atomic E-state index is 0.121. The van der Waals surface area contributed by atoms with E-state index in [0.717, 1.165) is 103 Å². The van der Waals surface area contributed by atoms with Crippen LogP contribution in [0, 0.1) is 0 Å². The maximum atomic E-state index is 12.8. The third-order valence-corrected chi connectivity index (χ3v) is 10.9. The van der Waals surface area contributed by atoms with Crippen LogP contribution in [0.5, 0.6) is 0 Å². The van der Waals surface area contributed by atoms with Crippen molar-refractivity contribution >= 4 is 17.9 Å². The second-order valence-corrected chi connectivity index (χ2v) is 17.4. The zero-order chi connectivity index (χ0) is 49.3. The molecule has 0 N–H and O–H groups in total. The topological polar surface area (TPSA) is 78.9 Å². The lowest BCUT2D eigenvalue weighted by Gasteiger charge is -2.18. The van der Waals surface area contributed by atoms with Gasteiger partial charge in [-0.15, -0.1) is 0 Å². The molecule has 0 saturated carbocycles. The molecule has 1 unspecified atom stereocenters. The minimum atomic E-state index is -0.832. The predicted molar refractivity (Wildman–Crippen MR) is 292 cm³/mol. The summed E-state index contributed by atoms with van der Waals surface area (Å²) in [5.41, 5.74) is 0. The average molecular weight is 939 g/mol. The summed E-state index contributed by atoms with van der Waals surface area (Å²) in [5, 5.41) is 0. The van der Waals surface area contributed by atoms with Crippen molar-refractivity contribution in [3.63, 3.8) is 0 Å². The molecule has 0 radical (unpaired) electrons. The van der Waals surface area contributed by atoms with Gasteiger partial charge >= 0.3 is 17.9 Å². The Hall–Kier alpha value is -4.45. The number of carbonyl (C=O) groups is 3. The number of unbranched alkanes of at least 4 members (excludes halogenated alkanes) is 14. The van der Waals surface area contributed by atoms with Crippen LogP contribution in [0.15, 0.2) is 134 Å². The number of ether oxygens (including phenoxy) is 3. The third-order valence-electron chi connectivity index (χ3n) is 10.9. The standard InChI is InChI=1S/C62H98O6/c1-4-7-10-13-16-19-22-25-28-30-31-32-35-37-40-43-46-49-52-55-61(64)67-58-59(57-66-60(63)54-51-48-45-42-39-36-33-27-24-21-18-15-12-9-6-3)68-62(65)56-53-50-47-44-41-38-34-29-26-23-20-17-14-11-8-5-2/h7-8,10-11,16-17,19-21,24-26,28-29,31-32,37-38,40-41,46,49,59H,4-6,9,12-15,18,22-23,27,30,33-36,39,42-45,47-48,50-58H2,1-3H3/b10-7-,11-8-,19-16-,20-17-,24-21-,28-25-,29-26-,32-31-,40-37-,41-38-,49-46-. The van der Waals surface area contributed by atoms with Gasteiger partial charge in [0.1, 0.15) is 13.2 Å². The van der Waals surface area contributed by atoms with Crippen molar-refractivity contribution in [2.45, 2.75) is 226 Å². The lowest BCUT2D eigenvalue weighted by atomic mass is 10.1. The molecule has 6 nitrogen and oxygen atoms in total. The van der Waals surface area contributed by atoms with E-state index in [9.17, 15) is 14.4 Å². The van der Waals surface area contributed by atoms with Crippen LogP contribution in [-0.2, 0) is 28.6 Å². The molecule has 0 rings (SSSR count). The summed E-state index contributed by atoms with van der Waals surface area (Å²) in [4.78, 5) is 38.1. The van der Waals surface area contributed by atoms with E-state index in [1.54, 1.807) is 0 Å². The first-order valence-electron chi connectivity index (χ1n) is 27.2. The molecule has 0 aromatic heterocycles. The molecule has 0 aliphatic carbocycles. The fourth-order valence-corrected chi connectivity index (χ4v) is 6.86. The molecule has 0 aromatic rings. The van der Waals surface area contributed by atoms with E-state index in [1.165, 1.54) is 64.2 Å². The second-order valence-electron chi connectivity index (χ2n) is 17.4. The summed E-state index contributed by atoms with van der Waals surface area (Å²) in [5.74, 6) is -1.05. The van der Waals surface area contributed by atoms with Crippen molar-refractivity contribution in [3.05, 3.63) is 134 Å². The molecule has 6 heteroatoms. The van der Waals surface area contributed by atoms with Crippen molar-refractivity contribution in [2.75, 3.05) is 13.2 Å². The van der Waals surface area contributed by atoms with Gasteiger partial charge in [-0.05, 0) is 122 Å². The van der Waals surface area contributed by atoms with E-state index in [4.69, 9.17) is 14.2 Å². The molecule has 0 heterocycles. The van der Waals surface area contributed by atoms with Crippen molar-refractivity contribution in [1.29, 1.82) is 0 Å². The lowest BCUT2D eigenvalue weighted by Crippen LogP contribution is -2.30. The van der Waals surface area contributed by atoms with Crippen LogP contribution in [0.2, 0.25) is 0 Å². The van der Waals surface area contributed by atoms with Gasteiger partial charge in [0.05, 0.1) is 0 Å². The Balaban J connectivity index is 4.58. The quantitative estimate of drug-likeness (QED) is 0.0262. The molecule has 0 fully saturated rings. The number of carbonyl (C=O) groups excluding carboxylic acids is 3. The largest absolute Gasteiger partial charge is 0.462 e. The van der Waals surface area contributed by atoms with Crippen molar-refractivity contribution < 1.29 is 28.6 Å². The van der Waals surface area contributed by atoms with E-state index < -0.39 is 6.10 Å². The first kappa shape index (κ1) is 63.5. The highest BCUT2D eigenvalue weighted by Crippen LogP contribution is 2.13. The summed E-state index contributed by atoms with van der Waals surface area (Å²) in [6, 6.07) is 0. The van der Waals surface area contributed by atoms with Crippen molar-refractivity contribution in [3.8, 4) is 0 Å². The molecule has 0 amide bonds. The summed E-state index contributed by atoms with van der Waals surface area (Å²) in [6.45, 7) is 6.29. The number of allylic oxidation sites excluding steroid dienone is 22. The van der Waals surface area contributed by atoms with Gasteiger partial charge < -0.3 is 14.2 Å². The van der Waals surface area contributed by atoms with Gasteiger partial charge in [0.25, 0.3) is 0 Å². The Kier molecular flexibility index (Phi) is 51.5. The van der Waals surface area contributed by atoms with Crippen LogP contribution >= 0.6 is 0 Å². The molecule has 0 aromatic carbocycles. The summed E-state index contributed by atoms with van der Waals surface area (Å²) >= 11 is 0. The van der Waals surface area contributed by atoms with Crippen LogP contribution in [0.4, 0.5) is 0 Å². The highest BCUT2D eigenvalue weighted by atomic mass is 16.6. The van der Waals surface area contributed by atoms with Crippen LogP contribution in [-0.4, -0.2) is 37.2 Å². The maximum absolute atomic E-state index is 12.8. The molecular weight excluding hydrogens is 841 g/mol. The molecule has 382 valence electrons. The average Bonchev–Trinajstić information content (AvgIpc) is 3.34. The number of hydrogen-bond acceptors (Lipinski definition) is 6. The Bertz CT molecular complexity index is 1500. The zero-order valence-electron chi connectivity index (χ0n) is 43.6. The number of rotatable bonds is 47. The Morgan fingerprint density at radius 3 is 1.01 bits per heavy atom. The van der Waals surface area contributed by atoms with E-state index in [1.807, 2.05) is 12.2 Å². The van der Waals surface area contributed by atoms with E-state index in [-0.39, 0.29) is 44.0 Å². The van der Waals surface area contributed by atoms with Gasteiger partial charge in [-0.25, -0.2) is 0 Å². The van der Waals surface area contributed by atoms with Gasteiger partial charge in [-0.2, -0.15) is 0 Å². The summed E-state index contributed by atoms with van der Waals surface area (Å²) in [6.07, 6.45) is 77.3. The van der Waals surface area contributed by atoms with E-state index >= 15 is 0 Å². The lowest BCUT2D eigenvalue weighted by molar-refractivity contribution is -0.166. The Morgan fingerprint density at radius 2 is 0.603 bits per heavy atom. The van der Waals surface area contributed by atoms with E-state index in [2.05, 4.69) is 142 Å². The molecule has 0 aliphatic rings. The van der Waals surface area contributed by atoms with Gasteiger partial charge in [0.15, 0.2) is 6.10 Å². The zero-order valence-corrected chi connectivity index (χ0v) is 43.6. The molecule has 0 bridgehead atoms. The second kappa shape index (κ2) is 55.1. The monoisotopic (exact) mass is 939 g/mol. The van der Waals surface area contributed by atoms with E-state index in [0.29, 0.717) is 19.3 Å². The molecule has 0 saturated heterocycles. The Morgan fingerprint density at radius 1 is 0.309 bits per heavy atom. The molecule has 0 aliphatic heterocycles. The smallest absolute Gasteiger partial charge is 0.306 e. The van der Waals surface area contributed by atoms with Crippen molar-refractivity contribution in [1.82, 2.24) is 0 Å². The first-order valence-corrected chi connectivity index (χ1v) is 27.2. The summed E-state index contributed by atoms with van der Waals surface area (Å²) in [7, 11) is 0. The number of esters is 3. The Labute approximate surface area is 417 Å². The molecule has 1 atom stereocenters. The highest BCUT2D eigenvalue weighted by Gasteiger charge is 2.19.